The monoisotopic (exact) mass is 390 g/mol. The van der Waals surface area contributed by atoms with Crippen molar-refractivity contribution in [2.45, 2.75) is 0 Å². The zero-order valence-electron chi connectivity index (χ0n) is 16.1. The van der Waals surface area contributed by atoms with E-state index in [-0.39, 0.29) is 5.57 Å². The van der Waals surface area contributed by atoms with E-state index < -0.39 is 5.97 Å². The highest BCUT2D eigenvalue weighted by atomic mass is 16.5. The van der Waals surface area contributed by atoms with E-state index in [2.05, 4.69) is 0 Å². The van der Waals surface area contributed by atoms with E-state index in [0.717, 1.165) is 5.75 Å². The fourth-order valence-electron chi connectivity index (χ4n) is 2.75. The predicted molar refractivity (Wildman–Crippen MR) is 112 cm³/mol. The molecule has 29 heavy (non-hydrogen) atoms. The molecular weight excluding hydrogens is 368 g/mol. The number of carboxylic acids is 1. The second-order valence-corrected chi connectivity index (χ2v) is 6.14. The molecule has 3 aromatic rings. The molecule has 3 rings (SSSR count). The minimum atomic E-state index is -1.02. The number of carboxylic acid groups (broad SMARTS) is 1. The summed E-state index contributed by atoms with van der Waals surface area (Å²) in [5, 5.41) is 9.69. The van der Waals surface area contributed by atoms with Crippen molar-refractivity contribution in [2.75, 3.05) is 20.3 Å². The number of para-hydroxylation sites is 2. The summed E-state index contributed by atoms with van der Waals surface area (Å²) < 4.78 is 16.6. The Kier molecular flexibility index (Phi) is 6.90. The maximum Gasteiger partial charge on any atom is 0.336 e. The van der Waals surface area contributed by atoms with E-state index in [9.17, 15) is 9.90 Å². The Labute approximate surface area is 169 Å². The molecule has 0 bridgehead atoms. The summed E-state index contributed by atoms with van der Waals surface area (Å²) in [6, 6.07) is 23.7. The Hall–Kier alpha value is -3.73. The van der Waals surface area contributed by atoms with Crippen molar-refractivity contribution in [3.8, 4) is 17.2 Å². The molecule has 0 unspecified atom stereocenters. The van der Waals surface area contributed by atoms with Gasteiger partial charge < -0.3 is 19.3 Å². The van der Waals surface area contributed by atoms with Gasteiger partial charge in [0.1, 0.15) is 30.5 Å². The number of rotatable bonds is 9. The Morgan fingerprint density at radius 2 is 1.48 bits per heavy atom. The smallest absolute Gasteiger partial charge is 0.336 e. The molecule has 0 aliphatic carbocycles. The molecule has 1 N–H and O–H groups in total. The number of benzene rings is 3. The molecule has 0 saturated carbocycles. The van der Waals surface area contributed by atoms with E-state index in [0.29, 0.717) is 35.8 Å². The third-order valence-corrected chi connectivity index (χ3v) is 4.20. The molecule has 0 heterocycles. The third kappa shape index (κ3) is 5.62. The summed E-state index contributed by atoms with van der Waals surface area (Å²) in [7, 11) is 1.57. The van der Waals surface area contributed by atoms with Gasteiger partial charge in [0.2, 0.25) is 0 Å². The van der Waals surface area contributed by atoms with Crippen LogP contribution in [0.3, 0.4) is 0 Å². The zero-order chi connectivity index (χ0) is 20.5. The zero-order valence-corrected chi connectivity index (χ0v) is 16.1. The lowest BCUT2D eigenvalue weighted by Gasteiger charge is -2.11. The van der Waals surface area contributed by atoms with Crippen molar-refractivity contribution in [1.29, 1.82) is 0 Å². The highest BCUT2D eigenvalue weighted by Crippen LogP contribution is 2.26. The molecule has 0 saturated heterocycles. The second-order valence-electron chi connectivity index (χ2n) is 6.14. The summed E-state index contributed by atoms with van der Waals surface area (Å²) >= 11 is 0. The minimum absolute atomic E-state index is 0.171. The Bertz CT molecular complexity index is 962. The van der Waals surface area contributed by atoms with E-state index in [1.54, 1.807) is 37.5 Å². The van der Waals surface area contributed by atoms with Gasteiger partial charge in [0.05, 0.1) is 12.7 Å². The molecule has 0 aromatic heterocycles. The van der Waals surface area contributed by atoms with Gasteiger partial charge >= 0.3 is 5.97 Å². The van der Waals surface area contributed by atoms with Crippen LogP contribution in [0.25, 0.3) is 11.6 Å². The lowest BCUT2D eigenvalue weighted by Crippen LogP contribution is -2.09. The predicted octanol–water partition coefficient (Wildman–Crippen LogP) is 4.78. The van der Waals surface area contributed by atoms with Crippen LogP contribution in [0.5, 0.6) is 17.2 Å². The van der Waals surface area contributed by atoms with Gasteiger partial charge in [0, 0.05) is 5.56 Å². The lowest BCUT2D eigenvalue weighted by atomic mass is 10.0. The van der Waals surface area contributed by atoms with Crippen molar-refractivity contribution in [3.63, 3.8) is 0 Å². The first-order valence-corrected chi connectivity index (χ1v) is 9.16. The van der Waals surface area contributed by atoms with Crippen LogP contribution in [0.4, 0.5) is 0 Å². The number of ether oxygens (including phenoxy) is 3. The Balaban J connectivity index is 1.74. The molecule has 148 valence electrons. The highest BCUT2D eigenvalue weighted by molar-refractivity contribution is 6.20. The molecule has 0 atom stereocenters. The first-order chi connectivity index (χ1) is 14.2. The molecule has 5 nitrogen and oxygen atoms in total. The molecule has 0 spiro atoms. The van der Waals surface area contributed by atoms with Gasteiger partial charge in [-0.25, -0.2) is 4.79 Å². The van der Waals surface area contributed by atoms with Gasteiger partial charge in [-0.1, -0.05) is 48.5 Å². The highest BCUT2D eigenvalue weighted by Gasteiger charge is 2.12. The summed E-state index contributed by atoms with van der Waals surface area (Å²) in [5.74, 6) is 1.02. The molecule has 5 heteroatoms. The van der Waals surface area contributed by atoms with Gasteiger partial charge in [-0.15, -0.1) is 0 Å². The fourth-order valence-corrected chi connectivity index (χ4v) is 2.75. The summed E-state index contributed by atoms with van der Waals surface area (Å²) in [6.45, 7) is 0.719. The average Bonchev–Trinajstić information content (AvgIpc) is 2.76. The van der Waals surface area contributed by atoms with Gasteiger partial charge in [-0.2, -0.15) is 0 Å². The lowest BCUT2D eigenvalue weighted by molar-refractivity contribution is -0.130. The van der Waals surface area contributed by atoms with Gasteiger partial charge in [-0.3, -0.25) is 0 Å². The molecule has 3 aromatic carbocycles. The van der Waals surface area contributed by atoms with Crippen LogP contribution in [0.2, 0.25) is 0 Å². The van der Waals surface area contributed by atoms with Crippen molar-refractivity contribution < 1.29 is 24.1 Å². The molecule has 0 radical (unpaired) electrons. The van der Waals surface area contributed by atoms with E-state index in [1.807, 2.05) is 54.6 Å². The molecular formula is C24H22O5. The van der Waals surface area contributed by atoms with Crippen molar-refractivity contribution in [3.05, 3.63) is 90.0 Å². The molecule has 0 fully saturated rings. The summed E-state index contributed by atoms with van der Waals surface area (Å²) in [5.41, 5.74) is 1.44. The number of hydrogen-bond donors (Lipinski definition) is 1. The minimum Gasteiger partial charge on any atom is -0.497 e. The maximum atomic E-state index is 11.8. The quantitative estimate of drug-likeness (QED) is 0.324. The van der Waals surface area contributed by atoms with E-state index in [1.165, 1.54) is 0 Å². The van der Waals surface area contributed by atoms with Crippen LogP contribution in [0, 0.1) is 0 Å². The molecule has 0 aliphatic heterocycles. The topological polar surface area (TPSA) is 65.0 Å². The number of aliphatic carboxylic acids is 1. The summed E-state index contributed by atoms with van der Waals surface area (Å²) in [4.78, 5) is 11.8. The first kappa shape index (κ1) is 20.0. The summed E-state index contributed by atoms with van der Waals surface area (Å²) in [6.07, 6.45) is 1.61. The van der Waals surface area contributed by atoms with Crippen LogP contribution >= 0.6 is 0 Å². The normalized spacial score (nSPS) is 11.0. The van der Waals surface area contributed by atoms with Crippen LogP contribution in [-0.4, -0.2) is 31.4 Å². The van der Waals surface area contributed by atoms with E-state index >= 15 is 0 Å². The Morgan fingerprint density at radius 3 is 2.17 bits per heavy atom. The van der Waals surface area contributed by atoms with Crippen LogP contribution in [-0.2, 0) is 4.79 Å². The van der Waals surface area contributed by atoms with Crippen molar-refractivity contribution in [1.82, 2.24) is 0 Å². The van der Waals surface area contributed by atoms with Crippen LogP contribution in [0.15, 0.2) is 78.9 Å². The van der Waals surface area contributed by atoms with E-state index in [4.69, 9.17) is 14.2 Å². The second kappa shape index (κ2) is 9.99. The average molecular weight is 390 g/mol. The number of carbonyl (C=O) groups is 1. The van der Waals surface area contributed by atoms with Gasteiger partial charge in [0.25, 0.3) is 0 Å². The third-order valence-electron chi connectivity index (χ3n) is 4.20. The Morgan fingerprint density at radius 1 is 0.828 bits per heavy atom. The SMILES string of the molecule is COc1ccc(/C(=C/c2ccccc2OCCOc2ccccc2)C(=O)O)cc1. The van der Waals surface area contributed by atoms with Gasteiger partial charge in [-0.05, 0) is 42.0 Å². The maximum absolute atomic E-state index is 11.8. The van der Waals surface area contributed by atoms with Crippen LogP contribution in [0.1, 0.15) is 11.1 Å². The standard InChI is InChI=1S/C24H22O5/c1-27-20-13-11-18(12-14-20)22(24(25)26)17-19-7-5-6-10-23(19)29-16-15-28-21-8-3-2-4-9-21/h2-14,17H,15-16H2,1H3,(H,25,26)/b22-17-. The van der Waals surface area contributed by atoms with Gasteiger partial charge in [0.15, 0.2) is 0 Å². The number of methoxy groups -OCH3 is 1. The first-order valence-electron chi connectivity index (χ1n) is 9.16. The molecule has 0 amide bonds. The van der Waals surface area contributed by atoms with Crippen LogP contribution < -0.4 is 14.2 Å². The number of hydrogen-bond acceptors (Lipinski definition) is 4. The van der Waals surface area contributed by atoms with Crippen molar-refractivity contribution in [2.24, 2.45) is 0 Å². The largest absolute Gasteiger partial charge is 0.497 e. The van der Waals surface area contributed by atoms with Crippen molar-refractivity contribution >= 4 is 17.6 Å². The fraction of sp³-hybridized carbons (Fsp3) is 0.125. The molecule has 0 aliphatic rings.